The average molecular weight is 815 g/mol. The summed E-state index contributed by atoms with van der Waals surface area (Å²) in [5, 5.41) is 7.50. The van der Waals surface area contributed by atoms with Crippen molar-refractivity contribution in [2.45, 2.75) is 0 Å². The molecule has 0 amide bonds. The first-order valence-electron chi connectivity index (χ1n) is 22.0. The van der Waals surface area contributed by atoms with Crippen molar-refractivity contribution >= 4 is 60.4 Å². The molecule has 12 aromatic rings. The smallest absolute Gasteiger partial charge is 0.0547 e. The molecule has 0 bridgehead atoms. The zero-order valence-corrected chi connectivity index (χ0v) is 35.1. The fourth-order valence-electron chi connectivity index (χ4n) is 9.69. The molecule has 0 N–H and O–H groups in total. The second-order valence-electron chi connectivity index (χ2n) is 16.5. The Kier molecular flexibility index (Phi) is 9.20. The molecule has 64 heavy (non-hydrogen) atoms. The summed E-state index contributed by atoms with van der Waals surface area (Å²) < 4.78 is 2.39. The highest BCUT2D eigenvalue weighted by Crippen LogP contribution is 2.42. The standard InChI is InChI=1S/C62H42N2/c1-2-21-52(22-3-1)64-60-28-9-8-25-59(60)62-58(27-13-29-61(62)64)51-20-10-18-48(41-51)49-19-11-23-55(42-49)63(53-36-32-44(33-37-53)50-31-30-43-14-4-5-16-47(43)40-50)54-38-34-46(35-39-54)57-26-12-17-45-15-6-7-24-56(45)57/h1-42H. The molecule has 0 aliphatic carbocycles. The molecule has 300 valence electrons. The monoisotopic (exact) mass is 814 g/mol. The van der Waals surface area contributed by atoms with Gasteiger partial charge in [0.05, 0.1) is 11.0 Å². The Bertz CT molecular complexity index is 3650. The predicted molar refractivity (Wildman–Crippen MR) is 272 cm³/mol. The van der Waals surface area contributed by atoms with Gasteiger partial charge in [0, 0.05) is 33.5 Å². The fourth-order valence-corrected chi connectivity index (χ4v) is 9.69. The molecule has 0 aliphatic rings. The molecule has 12 rings (SSSR count). The van der Waals surface area contributed by atoms with Crippen molar-refractivity contribution in [1.29, 1.82) is 0 Å². The van der Waals surface area contributed by atoms with E-state index in [0.29, 0.717) is 0 Å². The molecule has 2 nitrogen and oxygen atoms in total. The van der Waals surface area contributed by atoms with Crippen LogP contribution in [0, 0.1) is 0 Å². The number of hydrogen-bond donors (Lipinski definition) is 0. The minimum absolute atomic E-state index is 1.09. The lowest BCUT2D eigenvalue weighted by Gasteiger charge is -2.26. The summed E-state index contributed by atoms with van der Waals surface area (Å²) in [5.74, 6) is 0. The van der Waals surface area contributed by atoms with Crippen molar-refractivity contribution in [3.63, 3.8) is 0 Å². The molecule has 0 saturated carbocycles. The molecule has 0 radical (unpaired) electrons. The predicted octanol–water partition coefficient (Wildman–Crippen LogP) is 17.2. The topological polar surface area (TPSA) is 8.17 Å². The highest BCUT2D eigenvalue weighted by molar-refractivity contribution is 6.16. The van der Waals surface area contributed by atoms with Gasteiger partial charge in [0.25, 0.3) is 0 Å². The number of anilines is 3. The van der Waals surface area contributed by atoms with Gasteiger partial charge in [-0.15, -0.1) is 0 Å². The number of benzene rings is 11. The summed E-state index contributed by atoms with van der Waals surface area (Å²) >= 11 is 0. The van der Waals surface area contributed by atoms with Crippen LogP contribution in [0.25, 0.3) is 93.5 Å². The summed E-state index contributed by atoms with van der Waals surface area (Å²) in [7, 11) is 0. The maximum Gasteiger partial charge on any atom is 0.0547 e. The molecular weight excluding hydrogens is 773 g/mol. The van der Waals surface area contributed by atoms with Gasteiger partial charge in [-0.25, -0.2) is 0 Å². The number of para-hydroxylation sites is 2. The molecule has 0 spiro atoms. The minimum Gasteiger partial charge on any atom is -0.310 e. The van der Waals surface area contributed by atoms with Crippen LogP contribution in [0.15, 0.2) is 255 Å². The Balaban J connectivity index is 0.953. The Hall–Kier alpha value is -8.46. The van der Waals surface area contributed by atoms with E-state index < -0.39 is 0 Å². The van der Waals surface area contributed by atoms with Gasteiger partial charge < -0.3 is 9.47 Å². The van der Waals surface area contributed by atoms with E-state index in [4.69, 9.17) is 0 Å². The van der Waals surface area contributed by atoms with Crippen molar-refractivity contribution in [2.75, 3.05) is 4.90 Å². The second kappa shape index (κ2) is 15.8. The van der Waals surface area contributed by atoms with Crippen LogP contribution in [0.4, 0.5) is 17.1 Å². The first kappa shape index (κ1) is 37.3. The Morgan fingerprint density at radius 2 is 0.812 bits per heavy atom. The SMILES string of the molecule is c1ccc(-n2c3ccccc3c3c(-c4cccc(-c5cccc(N(c6ccc(-c7ccc8ccccc8c7)cc6)c6ccc(-c7cccc8ccccc78)cc6)c5)c4)cccc32)cc1. The third-order valence-corrected chi connectivity index (χ3v) is 12.8. The Morgan fingerprint density at radius 3 is 1.62 bits per heavy atom. The van der Waals surface area contributed by atoms with Gasteiger partial charge in [-0.1, -0.05) is 182 Å². The van der Waals surface area contributed by atoms with Crippen LogP contribution in [-0.2, 0) is 0 Å². The summed E-state index contributed by atoms with van der Waals surface area (Å²) in [6.07, 6.45) is 0. The largest absolute Gasteiger partial charge is 0.310 e. The molecule has 2 heteroatoms. The zero-order chi connectivity index (χ0) is 42.4. The van der Waals surface area contributed by atoms with Crippen LogP contribution in [0.2, 0.25) is 0 Å². The van der Waals surface area contributed by atoms with Gasteiger partial charge in [-0.3, -0.25) is 0 Å². The molecule has 0 aliphatic heterocycles. The normalized spacial score (nSPS) is 11.4. The Morgan fingerprint density at radius 1 is 0.266 bits per heavy atom. The summed E-state index contributed by atoms with van der Waals surface area (Å²) in [5.41, 5.74) is 16.4. The van der Waals surface area contributed by atoms with Crippen LogP contribution < -0.4 is 4.90 Å². The van der Waals surface area contributed by atoms with Gasteiger partial charge in [0.15, 0.2) is 0 Å². The van der Waals surface area contributed by atoms with Gasteiger partial charge in [-0.05, 0) is 139 Å². The fraction of sp³-hybridized carbons (Fsp3) is 0. The lowest BCUT2D eigenvalue weighted by molar-refractivity contribution is 1.18. The maximum absolute atomic E-state index is 2.39. The molecular formula is C62H42N2. The quantitative estimate of drug-likeness (QED) is 0.148. The van der Waals surface area contributed by atoms with E-state index in [-0.39, 0.29) is 0 Å². The first-order chi connectivity index (χ1) is 31.7. The van der Waals surface area contributed by atoms with Crippen LogP contribution in [0.5, 0.6) is 0 Å². The van der Waals surface area contributed by atoms with Crippen molar-refractivity contribution in [3.8, 4) is 50.2 Å². The van der Waals surface area contributed by atoms with E-state index in [1.165, 1.54) is 82.3 Å². The van der Waals surface area contributed by atoms with Crippen LogP contribution in [0.1, 0.15) is 0 Å². The molecule has 11 aromatic carbocycles. The minimum atomic E-state index is 1.09. The molecule has 1 heterocycles. The highest BCUT2D eigenvalue weighted by Gasteiger charge is 2.18. The second-order valence-corrected chi connectivity index (χ2v) is 16.5. The van der Waals surface area contributed by atoms with E-state index in [0.717, 1.165) is 28.3 Å². The summed E-state index contributed by atoms with van der Waals surface area (Å²) in [6, 6.07) is 92.7. The molecule has 0 fully saturated rings. The number of nitrogens with zero attached hydrogens (tertiary/aromatic N) is 2. The third kappa shape index (κ3) is 6.61. The maximum atomic E-state index is 2.39. The average Bonchev–Trinajstić information content (AvgIpc) is 3.72. The number of rotatable bonds is 8. The van der Waals surface area contributed by atoms with E-state index in [1.807, 2.05) is 0 Å². The van der Waals surface area contributed by atoms with Crippen molar-refractivity contribution in [3.05, 3.63) is 255 Å². The van der Waals surface area contributed by atoms with Crippen LogP contribution >= 0.6 is 0 Å². The van der Waals surface area contributed by atoms with E-state index >= 15 is 0 Å². The molecule has 0 unspecified atom stereocenters. The van der Waals surface area contributed by atoms with Gasteiger partial charge in [0.1, 0.15) is 0 Å². The van der Waals surface area contributed by atoms with E-state index in [1.54, 1.807) is 0 Å². The highest BCUT2D eigenvalue weighted by atomic mass is 15.1. The number of hydrogen-bond acceptors (Lipinski definition) is 1. The lowest BCUT2D eigenvalue weighted by Crippen LogP contribution is -2.10. The van der Waals surface area contributed by atoms with E-state index in [9.17, 15) is 0 Å². The van der Waals surface area contributed by atoms with Gasteiger partial charge in [-0.2, -0.15) is 0 Å². The Labute approximate surface area is 373 Å². The number of fused-ring (bicyclic) bond motifs is 5. The van der Waals surface area contributed by atoms with E-state index in [2.05, 4.69) is 264 Å². The van der Waals surface area contributed by atoms with Crippen LogP contribution in [-0.4, -0.2) is 4.57 Å². The zero-order valence-electron chi connectivity index (χ0n) is 35.1. The molecule has 0 saturated heterocycles. The number of aromatic nitrogens is 1. The van der Waals surface area contributed by atoms with Crippen molar-refractivity contribution in [1.82, 2.24) is 4.57 Å². The van der Waals surface area contributed by atoms with Gasteiger partial charge >= 0.3 is 0 Å². The molecule has 0 atom stereocenters. The van der Waals surface area contributed by atoms with Crippen molar-refractivity contribution in [2.24, 2.45) is 0 Å². The van der Waals surface area contributed by atoms with Crippen LogP contribution in [0.3, 0.4) is 0 Å². The van der Waals surface area contributed by atoms with Gasteiger partial charge in [0.2, 0.25) is 0 Å². The molecule has 1 aromatic heterocycles. The van der Waals surface area contributed by atoms with Crippen molar-refractivity contribution < 1.29 is 0 Å². The summed E-state index contributed by atoms with van der Waals surface area (Å²) in [6.45, 7) is 0. The first-order valence-corrected chi connectivity index (χ1v) is 22.0. The third-order valence-electron chi connectivity index (χ3n) is 12.8. The lowest BCUT2D eigenvalue weighted by atomic mass is 9.95. The summed E-state index contributed by atoms with van der Waals surface area (Å²) in [4.78, 5) is 2.38.